The van der Waals surface area contributed by atoms with Crippen LogP contribution in [0.4, 0.5) is 4.79 Å². The molecule has 3 rings (SSSR count). The zero-order chi connectivity index (χ0) is 17.8. The summed E-state index contributed by atoms with van der Waals surface area (Å²) < 4.78 is 5.32. The van der Waals surface area contributed by atoms with Crippen molar-refractivity contribution in [1.29, 1.82) is 0 Å². The smallest absolute Gasteiger partial charge is 0.410 e. The molecule has 0 saturated carbocycles. The van der Waals surface area contributed by atoms with E-state index < -0.39 is 6.09 Å². The third-order valence-corrected chi connectivity index (χ3v) is 4.44. The van der Waals surface area contributed by atoms with Crippen LogP contribution in [0.15, 0.2) is 48.1 Å². The van der Waals surface area contributed by atoms with Gasteiger partial charge in [0.1, 0.15) is 5.75 Å². The van der Waals surface area contributed by atoms with Crippen molar-refractivity contribution >= 4 is 23.6 Å². The molecule has 0 bridgehead atoms. The molecule has 0 spiro atoms. The van der Waals surface area contributed by atoms with Gasteiger partial charge >= 0.3 is 6.09 Å². The predicted octanol–water partition coefficient (Wildman–Crippen LogP) is 2.20. The molecule has 1 aliphatic heterocycles. The quantitative estimate of drug-likeness (QED) is 0.876. The maximum atomic E-state index is 12.5. The van der Waals surface area contributed by atoms with Crippen LogP contribution in [-0.2, 0) is 4.79 Å². The molecule has 1 atom stereocenters. The zero-order valence-electron chi connectivity index (χ0n) is 13.7. The van der Waals surface area contributed by atoms with Gasteiger partial charge in [0.2, 0.25) is 0 Å². The Kier molecular flexibility index (Phi) is 5.40. The summed E-state index contributed by atoms with van der Waals surface area (Å²) in [4.78, 5) is 28.0. The van der Waals surface area contributed by atoms with Gasteiger partial charge in [-0.2, -0.15) is 0 Å². The average Bonchev–Trinajstić information content (AvgIpc) is 2.62. The second-order valence-electron chi connectivity index (χ2n) is 6.02. The molecule has 1 heterocycles. The molecule has 0 radical (unpaired) electrons. The molecule has 7 heteroatoms. The van der Waals surface area contributed by atoms with E-state index in [9.17, 15) is 9.59 Å². The molecule has 132 valence electrons. The molecule has 1 aromatic carbocycles. The van der Waals surface area contributed by atoms with E-state index in [1.54, 1.807) is 40.1 Å². The first-order chi connectivity index (χ1) is 12.0. The Labute approximate surface area is 151 Å². The first-order valence-electron chi connectivity index (χ1n) is 8.18. The van der Waals surface area contributed by atoms with Crippen molar-refractivity contribution in [2.45, 2.75) is 12.5 Å². The Balaban J connectivity index is 1.52. The van der Waals surface area contributed by atoms with Crippen LogP contribution in [0.25, 0.3) is 0 Å². The monoisotopic (exact) mass is 361 g/mol. The second kappa shape index (κ2) is 7.72. The zero-order valence-corrected chi connectivity index (χ0v) is 14.5. The van der Waals surface area contributed by atoms with Gasteiger partial charge in [-0.25, -0.2) is 4.79 Å². The Bertz CT molecular complexity index is 724. The highest BCUT2D eigenvalue weighted by Crippen LogP contribution is 2.19. The summed E-state index contributed by atoms with van der Waals surface area (Å²) >= 11 is 5.88. The molecule has 2 N–H and O–H groups in total. The number of rotatable bonds is 2. The highest BCUT2D eigenvalue weighted by atomic mass is 35.5. The van der Waals surface area contributed by atoms with Crippen LogP contribution in [0.3, 0.4) is 0 Å². The van der Waals surface area contributed by atoms with Gasteiger partial charge in [0, 0.05) is 42.8 Å². The van der Waals surface area contributed by atoms with E-state index in [4.69, 9.17) is 22.1 Å². The number of nitrogens with zero attached hydrogens (tertiary/aromatic N) is 2. The van der Waals surface area contributed by atoms with Crippen molar-refractivity contribution in [2.24, 2.45) is 5.73 Å². The van der Waals surface area contributed by atoms with Crippen LogP contribution in [0.5, 0.6) is 5.75 Å². The predicted molar refractivity (Wildman–Crippen MR) is 95.4 cm³/mol. The lowest BCUT2D eigenvalue weighted by Gasteiger charge is -2.34. The van der Waals surface area contributed by atoms with Crippen molar-refractivity contribution in [3.05, 3.63) is 53.1 Å². The molecule has 1 saturated heterocycles. The van der Waals surface area contributed by atoms with Gasteiger partial charge in [-0.3, -0.25) is 4.79 Å². The summed E-state index contributed by atoms with van der Waals surface area (Å²) in [5, 5.41) is 0.509. The molecule has 2 amide bonds. The maximum Gasteiger partial charge on any atom is 0.415 e. The number of nitrogens with two attached hydrogens (primary N) is 1. The highest BCUT2D eigenvalue weighted by molar-refractivity contribution is 6.30. The van der Waals surface area contributed by atoms with Gasteiger partial charge in [0.05, 0.1) is 0 Å². The van der Waals surface area contributed by atoms with Crippen LogP contribution in [0, 0.1) is 0 Å². The number of hydrogen-bond donors (Lipinski definition) is 1. The van der Waals surface area contributed by atoms with Gasteiger partial charge in [-0.1, -0.05) is 35.9 Å². The maximum absolute atomic E-state index is 12.5. The number of piperazine rings is 1. The molecular weight excluding hydrogens is 342 g/mol. The van der Waals surface area contributed by atoms with Crippen LogP contribution in [0.1, 0.15) is 6.42 Å². The summed E-state index contributed by atoms with van der Waals surface area (Å²) in [6.45, 7) is 1.81. The van der Waals surface area contributed by atoms with Gasteiger partial charge in [-0.05, 0) is 24.6 Å². The molecule has 6 nitrogen and oxygen atoms in total. The van der Waals surface area contributed by atoms with Crippen LogP contribution in [-0.4, -0.2) is 54.0 Å². The SMILES string of the molecule is NC1C=CC(C(=O)N2CCN(C(=O)Oc3cccc(Cl)c3)CC2)=CC1. The summed E-state index contributed by atoms with van der Waals surface area (Å²) in [5.74, 6) is 0.385. The first-order valence-corrected chi connectivity index (χ1v) is 8.56. The van der Waals surface area contributed by atoms with Crippen LogP contribution < -0.4 is 10.5 Å². The van der Waals surface area contributed by atoms with Crippen LogP contribution in [0.2, 0.25) is 5.02 Å². The number of benzene rings is 1. The van der Waals surface area contributed by atoms with E-state index in [-0.39, 0.29) is 11.9 Å². The Morgan fingerprint density at radius 3 is 2.52 bits per heavy atom. The fourth-order valence-electron chi connectivity index (χ4n) is 2.77. The number of amides is 2. The summed E-state index contributed by atoms with van der Waals surface area (Å²) in [6.07, 6.45) is 5.72. The van der Waals surface area contributed by atoms with Gasteiger partial charge in [0.25, 0.3) is 5.91 Å². The lowest BCUT2D eigenvalue weighted by molar-refractivity contribution is -0.128. The van der Waals surface area contributed by atoms with Crippen molar-refractivity contribution in [3.63, 3.8) is 0 Å². The molecule has 1 fully saturated rings. The summed E-state index contributed by atoms with van der Waals surface area (Å²) in [5.41, 5.74) is 6.44. The minimum absolute atomic E-state index is 0.0188. The van der Waals surface area contributed by atoms with Crippen molar-refractivity contribution < 1.29 is 14.3 Å². The largest absolute Gasteiger partial charge is 0.415 e. The molecular formula is C18H20ClN3O3. The second-order valence-corrected chi connectivity index (χ2v) is 6.46. The summed E-state index contributed by atoms with van der Waals surface area (Å²) in [6, 6.07) is 6.68. The van der Waals surface area contributed by atoms with Crippen molar-refractivity contribution in [1.82, 2.24) is 9.80 Å². The third kappa shape index (κ3) is 4.41. The molecule has 0 aromatic heterocycles. The van der Waals surface area contributed by atoms with Crippen molar-refractivity contribution in [2.75, 3.05) is 26.2 Å². The van der Waals surface area contributed by atoms with Gasteiger partial charge in [0.15, 0.2) is 0 Å². The highest BCUT2D eigenvalue weighted by Gasteiger charge is 2.26. The van der Waals surface area contributed by atoms with E-state index in [0.717, 1.165) is 0 Å². The molecule has 1 unspecified atom stereocenters. The molecule has 2 aliphatic rings. The Hall–Kier alpha value is -2.31. The lowest BCUT2D eigenvalue weighted by Crippen LogP contribution is -2.51. The van der Waals surface area contributed by atoms with Gasteiger partial charge < -0.3 is 20.3 Å². The third-order valence-electron chi connectivity index (χ3n) is 4.21. The summed E-state index contributed by atoms with van der Waals surface area (Å²) in [7, 11) is 0. The number of halogens is 1. The molecule has 1 aliphatic carbocycles. The number of carbonyl (C=O) groups is 2. The lowest BCUT2D eigenvalue weighted by atomic mass is 10.0. The van der Waals surface area contributed by atoms with Gasteiger partial charge in [-0.15, -0.1) is 0 Å². The van der Waals surface area contributed by atoms with E-state index in [1.165, 1.54) is 0 Å². The average molecular weight is 362 g/mol. The fraction of sp³-hybridized carbons (Fsp3) is 0.333. The van der Waals surface area contributed by atoms with Crippen molar-refractivity contribution in [3.8, 4) is 5.75 Å². The standard InChI is InChI=1S/C18H20ClN3O3/c19-14-2-1-3-16(12-14)25-18(24)22-10-8-21(9-11-22)17(23)13-4-6-15(20)7-5-13/h1-6,12,15H,7-11,20H2. The van der Waals surface area contributed by atoms with E-state index >= 15 is 0 Å². The van der Waals surface area contributed by atoms with E-state index in [2.05, 4.69) is 0 Å². The minimum Gasteiger partial charge on any atom is -0.410 e. The molecule has 1 aromatic rings. The van der Waals surface area contributed by atoms with Crippen LogP contribution >= 0.6 is 11.6 Å². The fourth-order valence-corrected chi connectivity index (χ4v) is 2.95. The number of carbonyl (C=O) groups excluding carboxylic acids is 2. The Morgan fingerprint density at radius 1 is 1.16 bits per heavy atom. The normalized spacial score (nSPS) is 20.2. The number of ether oxygens (including phenoxy) is 1. The minimum atomic E-state index is -0.433. The van der Waals surface area contributed by atoms with E-state index in [0.29, 0.717) is 48.9 Å². The van der Waals surface area contributed by atoms with E-state index in [1.807, 2.05) is 12.2 Å². The number of hydrogen-bond acceptors (Lipinski definition) is 4. The Morgan fingerprint density at radius 2 is 1.88 bits per heavy atom. The first kappa shape index (κ1) is 17.5. The molecule has 25 heavy (non-hydrogen) atoms. The topological polar surface area (TPSA) is 75.9 Å².